The summed E-state index contributed by atoms with van der Waals surface area (Å²) in [5.74, 6) is 1.78. The van der Waals surface area contributed by atoms with Gasteiger partial charge in [-0.15, -0.1) is 0 Å². The first-order valence-corrected chi connectivity index (χ1v) is 11.2. The van der Waals surface area contributed by atoms with Gasteiger partial charge in [0.15, 0.2) is 0 Å². The van der Waals surface area contributed by atoms with Gasteiger partial charge in [-0.25, -0.2) is 0 Å². The van der Waals surface area contributed by atoms with Crippen LogP contribution in [0.2, 0.25) is 0 Å². The summed E-state index contributed by atoms with van der Waals surface area (Å²) < 4.78 is 0. The Labute approximate surface area is 157 Å². The molecule has 5 nitrogen and oxygen atoms in total. The van der Waals surface area contributed by atoms with Crippen LogP contribution in [-0.2, 0) is 9.59 Å². The number of likely N-dealkylation sites (tertiary alicyclic amines) is 1. The molecule has 0 radical (unpaired) electrons. The fourth-order valence-electron chi connectivity index (χ4n) is 4.13. The monoisotopic (exact) mass is 369 g/mol. The van der Waals surface area contributed by atoms with Crippen LogP contribution >= 0.6 is 11.8 Å². The van der Waals surface area contributed by atoms with E-state index in [-0.39, 0.29) is 17.9 Å². The highest BCUT2D eigenvalue weighted by molar-refractivity contribution is 7.98. The van der Waals surface area contributed by atoms with Gasteiger partial charge >= 0.3 is 0 Å². The average molecular weight is 370 g/mol. The lowest BCUT2D eigenvalue weighted by atomic mass is 9.81. The SMILES string of the molecule is CCCN1C(=O)C(CC(C)C)NC(=O)C12CCN(CCCSC)CC2. The van der Waals surface area contributed by atoms with Gasteiger partial charge in [-0.2, -0.15) is 11.8 Å². The molecule has 1 unspecified atom stereocenters. The maximum absolute atomic E-state index is 13.1. The van der Waals surface area contributed by atoms with E-state index in [2.05, 4.69) is 37.2 Å². The summed E-state index contributed by atoms with van der Waals surface area (Å²) in [6, 6.07) is -0.343. The van der Waals surface area contributed by atoms with Crippen LogP contribution in [0.15, 0.2) is 0 Å². The molecule has 1 spiro atoms. The second-order valence-electron chi connectivity index (χ2n) is 7.87. The number of hydrogen-bond acceptors (Lipinski definition) is 4. The van der Waals surface area contributed by atoms with Crippen LogP contribution < -0.4 is 5.32 Å². The van der Waals surface area contributed by atoms with Crippen molar-refractivity contribution in [2.24, 2.45) is 5.92 Å². The maximum atomic E-state index is 13.1. The van der Waals surface area contributed by atoms with Crippen molar-refractivity contribution in [3.05, 3.63) is 0 Å². The standard InChI is InChI=1S/C19H35N3O2S/c1-5-9-22-17(23)16(14-15(2)3)20-18(24)19(22)7-11-21(12-8-19)10-6-13-25-4/h15-16H,5-14H2,1-4H3,(H,20,24). The summed E-state index contributed by atoms with van der Waals surface area (Å²) >= 11 is 1.88. The molecule has 0 aromatic carbocycles. The minimum atomic E-state index is -0.615. The lowest BCUT2D eigenvalue weighted by Crippen LogP contribution is -2.73. The Kier molecular flexibility index (Phi) is 7.62. The van der Waals surface area contributed by atoms with Crippen molar-refractivity contribution in [1.82, 2.24) is 15.1 Å². The molecule has 1 atom stereocenters. The molecule has 6 heteroatoms. The zero-order valence-corrected chi connectivity index (χ0v) is 17.2. The van der Waals surface area contributed by atoms with E-state index in [1.54, 1.807) is 0 Å². The van der Waals surface area contributed by atoms with E-state index >= 15 is 0 Å². The number of piperidine rings is 1. The molecule has 0 aliphatic carbocycles. The van der Waals surface area contributed by atoms with Gasteiger partial charge in [0, 0.05) is 19.6 Å². The topological polar surface area (TPSA) is 52.7 Å². The number of nitrogens with zero attached hydrogens (tertiary/aromatic N) is 2. The summed E-state index contributed by atoms with van der Waals surface area (Å²) in [5.41, 5.74) is -0.615. The zero-order chi connectivity index (χ0) is 18.4. The van der Waals surface area contributed by atoms with Crippen molar-refractivity contribution >= 4 is 23.6 Å². The average Bonchev–Trinajstić information content (AvgIpc) is 2.58. The minimum Gasteiger partial charge on any atom is -0.342 e. The molecular weight excluding hydrogens is 334 g/mol. The third kappa shape index (κ3) is 4.70. The lowest BCUT2D eigenvalue weighted by Gasteiger charge is -2.52. The van der Waals surface area contributed by atoms with E-state index in [0.29, 0.717) is 12.5 Å². The van der Waals surface area contributed by atoms with Crippen LogP contribution in [0.4, 0.5) is 0 Å². The highest BCUT2D eigenvalue weighted by atomic mass is 32.2. The molecule has 2 aliphatic rings. The third-order valence-electron chi connectivity index (χ3n) is 5.47. The molecule has 1 N–H and O–H groups in total. The van der Waals surface area contributed by atoms with E-state index in [4.69, 9.17) is 0 Å². The number of nitrogens with one attached hydrogen (secondary N) is 1. The molecule has 144 valence electrons. The third-order valence-corrected chi connectivity index (χ3v) is 6.17. The number of carbonyl (C=O) groups is 2. The number of hydrogen-bond donors (Lipinski definition) is 1. The van der Waals surface area contributed by atoms with E-state index < -0.39 is 5.54 Å². The van der Waals surface area contributed by atoms with Crippen LogP contribution in [0.5, 0.6) is 0 Å². The lowest BCUT2D eigenvalue weighted by molar-refractivity contribution is -0.161. The normalized spacial score (nSPS) is 24.2. The largest absolute Gasteiger partial charge is 0.342 e. The molecule has 2 aliphatic heterocycles. The van der Waals surface area contributed by atoms with Gasteiger partial charge < -0.3 is 15.1 Å². The van der Waals surface area contributed by atoms with Crippen molar-refractivity contribution in [2.45, 2.75) is 64.5 Å². The molecule has 0 aromatic heterocycles. The number of carbonyl (C=O) groups excluding carboxylic acids is 2. The van der Waals surface area contributed by atoms with Crippen LogP contribution in [0.3, 0.4) is 0 Å². The second kappa shape index (κ2) is 9.26. The molecule has 2 fully saturated rings. The number of rotatable bonds is 8. The van der Waals surface area contributed by atoms with E-state index in [1.165, 1.54) is 12.2 Å². The molecule has 2 rings (SSSR count). The van der Waals surface area contributed by atoms with Crippen molar-refractivity contribution in [3.63, 3.8) is 0 Å². The van der Waals surface area contributed by atoms with Crippen molar-refractivity contribution in [1.29, 1.82) is 0 Å². The van der Waals surface area contributed by atoms with Crippen molar-refractivity contribution in [2.75, 3.05) is 38.2 Å². The van der Waals surface area contributed by atoms with Crippen molar-refractivity contribution < 1.29 is 9.59 Å². The molecule has 2 saturated heterocycles. The van der Waals surface area contributed by atoms with Gasteiger partial charge in [0.25, 0.3) is 0 Å². The Morgan fingerprint density at radius 2 is 1.92 bits per heavy atom. The van der Waals surface area contributed by atoms with E-state index in [9.17, 15) is 9.59 Å². The number of amides is 2. The van der Waals surface area contributed by atoms with Gasteiger partial charge in [-0.1, -0.05) is 20.8 Å². The first-order valence-electron chi connectivity index (χ1n) is 9.78. The summed E-state index contributed by atoms with van der Waals surface area (Å²) in [6.07, 6.45) is 6.47. The smallest absolute Gasteiger partial charge is 0.246 e. The zero-order valence-electron chi connectivity index (χ0n) is 16.3. The predicted octanol–water partition coefficient (Wildman–Crippen LogP) is 2.36. The molecule has 2 amide bonds. The first kappa shape index (κ1) is 20.6. The maximum Gasteiger partial charge on any atom is 0.246 e. The first-order chi connectivity index (χ1) is 11.9. The Bertz CT molecular complexity index is 462. The minimum absolute atomic E-state index is 0.0787. The molecular formula is C19H35N3O2S. The van der Waals surface area contributed by atoms with Gasteiger partial charge in [0.1, 0.15) is 11.6 Å². The molecule has 25 heavy (non-hydrogen) atoms. The van der Waals surface area contributed by atoms with E-state index in [1.807, 2.05) is 16.7 Å². The summed E-state index contributed by atoms with van der Waals surface area (Å²) in [4.78, 5) is 30.5. The Hall–Kier alpha value is -0.750. The molecule has 0 bridgehead atoms. The Balaban J connectivity index is 2.08. The Morgan fingerprint density at radius 3 is 2.48 bits per heavy atom. The number of piperazine rings is 1. The summed E-state index contributed by atoms with van der Waals surface area (Å²) in [5, 5.41) is 3.06. The van der Waals surface area contributed by atoms with Crippen molar-refractivity contribution in [3.8, 4) is 0 Å². The second-order valence-corrected chi connectivity index (χ2v) is 8.85. The molecule has 0 aromatic rings. The summed E-state index contributed by atoms with van der Waals surface area (Å²) in [7, 11) is 0. The van der Waals surface area contributed by atoms with Gasteiger partial charge in [0.2, 0.25) is 11.8 Å². The highest BCUT2D eigenvalue weighted by Gasteiger charge is 2.53. The van der Waals surface area contributed by atoms with Crippen LogP contribution in [0.1, 0.15) is 52.9 Å². The number of thioether (sulfide) groups is 1. The fraction of sp³-hybridized carbons (Fsp3) is 0.895. The van der Waals surface area contributed by atoms with Gasteiger partial charge in [-0.3, -0.25) is 9.59 Å². The van der Waals surface area contributed by atoms with Crippen LogP contribution in [0.25, 0.3) is 0 Å². The molecule has 2 heterocycles. The van der Waals surface area contributed by atoms with Gasteiger partial charge in [-0.05, 0) is 56.6 Å². The highest BCUT2D eigenvalue weighted by Crippen LogP contribution is 2.34. The predicted molar refractivity (Wildman–Crippen MR) is 105 cm³/mol. The van der Waals surface area contributed by atoms with Crippen LogP contribution in [0, 0.1) is 5.92 Å². The van der Waals surface area contributed by atoms with Crippen LogP contribution in [-0.4, -0.2) is 71.4 Å². The van der Waals surface area contributed by atoms with E-state index in [0.717, 1.165) is 45.3 Å². The molecule has 0 saturated carbocycles. The van der Waals surface area contributed by atoms with Gasteiger partial charge in [0.05, 0.1) is 0 Å². The summed E-state index contributed by atoms with van der Waals surface area (Å²) in [6.45, 7) is 9.88. The Morgan fingerprint density at radius 1 is 1.24 bits per heavy atom. The quantitative estimate of drug-likeness (QED) is 0.668. The fourth-order valence-corrected chi connectivity index (χ4v) is 4.55.